The second-order valence-electron chi connectivity index (χ2n) is 6.08. The SMILES string of the molecule is CCOC(=O)c1c(CN2CCCC2)n(C)c2cc(C#N)c(O)cc12. The van der Waals surface area contributed by atoms with E-state index in [0.29, 0.717) is 24.1 Å². The van der Waals surface area contributed by atoms with Crippen molar-refractivity contribution in [1.82, 2.24) is 9.47 Å². The van der Waals surface area contributed by atoms with E-state index in [1.807, 2.05) is 17.7 Å². The first-order valence-electron chi connectivity index (χ1n) is 8.20. The number of carbonyl (C=O) groups is 1. The van der Waals surface area contributed by atoms with Gasteiger partial charge < -0.3 is 14.4 Å². The Morgan fingerprint density at radius 3 is 2.71 bits per heavy atom. The smallest absolute Gasteiger partial charge is 0.340 e. The number of hydrogen-bond acceptors (Lipinski definition) is 5. The summed E-state index contributed by atoms with van der Waals surface area (Å²) in [6.45, 7) is 4.74. The minimum Gasteiger partial charge on any atom is -0.507 e. The standard InChI is InChI=1S/C18H21N3O3/c1-3-24-18(23)17-13-9-16(22)12(10-19)8-14(13)20(2)15(17)11-21-6-4-5-7-21/h8-9,22H,3-7,11H2,1-2H3. The third-order valence-electron chi connectivity index (χ3n) is 4.61. The second-order valence-corrected chi connectivity index (χ2v) is 6.08. The summed E-state index contributed by atoms with van der Waals surface area (Å²) in [5.41, 5.74) is 2.30. The highest BCUT2D eigenvalue weighted by molar-refractivity contribution is 6.06. The van der Waals surface area contributed by atoms with Crippen molar-refractivity contribution in [2.24, 2.45) is 7.05 Å². The molecule has 1 aliphatic heterocycles. The van der Waals surface area contributed by atoms with Gasteiger partial charge in [-0.1, -0.05) is 0 Å². The van der Waals surface area contributed by atoms with E-state index >= 15 is 0 Å². The third-order valence-corrected chi connectivity index (χ3v) is 4.61. The number of rotatable bonds is 4. The summed E-state index contributed by atoms with van der Waals surface area (Å²) in [5, 5.41) is 19.8. The monoisotopic (exact) mass is 327 g/mol. The molecule has 2 heterocycles. The lowest BCUT2D eigenvalue weighted by atomic mass is 10.1. The molecule has 6 nitrogen and oxygen atoms in total. The zero-order valence-corrected chi connectivity index (χ0v) is 14.0. The van der Waals surface area contributed by atoms with Gasteiger partial charge in [0.2, 0.25) is 0 Å². The number of benzene rings is 1. The van der Waals surface area contributed by atoms with E-state index in [1.54, 1.807) is 13.0 Å². The number of fused-ring (bicyclic) bond motifs is 1. The molecule has 1 aliphatic rings. The van der Waals surface area contributed by atoms with Crippen LogP contribution in [-0.2, 0) is 18.3 Å². The Balaban J connectivity index is 2.19. The average Bonchev–Trinajstić information content (AvgIpc) is 3.15. The average molecular weight is 327 g/mol. The molecule has 0 atom stereocenters. The Morgan fingerprint density at radius 2 is 2.08 bits per heavy atom. The number of phenolic OH excluding ortho intramolecular Hbond substituents is 1. The largest absolute Gasteiger partial charge is 0.507 e. The molecule has 24 heavy (non-hydrogen) atoms. The lowest BCUT2D eigenvalue weighted by molar-refractivity contribution is 0.0526. The van der Waals surface area contributed by atoms with Crippen LogP contribution in [-0.4, -0.2) is 40.2 Å². The Kier molecular flexibility index (Phi) is 4.45. The number of hydrogen-bond donors (Lipinski definition) is 1. The highest BCUT2D eigenvalue weighted by atomic mass is 16.5. The van der Waals surface area contributed by atoms with E-state index in [1.165, 1.54) is 6.07 Å². The van der Waals surface area contributed by atoms with Crippen LogP contribution in [0.2, 0.25) is 0 Å². The van der Waals surface area contributed by atoms with Gasteiger partial charge in [-0.05, 0) is 45.0 Å². The molecule has 6 heteroatoms. The lowest BCUT2D eigenvalue weighted by Gasteiger charge is -2.16. The van der Waals surface area contributed by atoms with Crippen molar-refractivity contribution in [2.75, 3.05) is 19.7 Å². The molecule has 0 radical (unpaired) electrons. The van der Waals surface area contributed by atoms with Crippen LogP contribution in [0.3, 0.4) is 0 Å². The molecule has 2 aromatic rings. The van der Waals surface area contributed by atoms with Gasteiger partial charge in [0, 0.05) is 24.7 Å². The van der Waals surface area contributed by atoms with Gasteiger partial charge in [0.25, 0.3) is 0 Å². The summed E-state index contributed by atoms with van der Waals surface area (Å²) in [6.07, 6.45) is 2.33. The van der Waals surface area contributed by atoms with Crippen LogP contribution in [0.4, 0.5) is 0 Å². The van der Waals surface area contributed by atoms with E-state index in [-0.39, 0.29) is 17.3 Å². The van der Waals surface area contributed by atoms with Crippen molar-refractivity contribution in [1.29, 1.82) is 5.26 Å². The molecule has 1 aromatic heterocycles. The van der Waals surface area contributed by atoms with E-state index in [2.05, 4.69) is 4.90 Å². The van der Waals surface area contributed by atoms with E-state index < -0.39 is 0 Å². The molecule has 0 aliphatic carbocycles. The Labute approximate surface area is 140 Å². The molecular formula is C18H21N3O3. The molecule has 126 valence electrons. The minimum atomic E-state index is -0.388. The first-order valence-corrected chi connectivity index (χ1v) is 8.20. The molecular weight excluding hydrogens is 306 g/mol. The molecule has 1 N–H and O–H groups in total. The third kappa shape index (κ3) is 2.72. The number of esters is 1. The fourth-order valence-electron chi connectivity index (χ4n) is 3.38. The van der Waals surface area contributed by atoms with E-state index in [0.717, 1.165) is 37.1 Å². The van der Waals surface area contributed by atoms with Gasteiger partial charge in [0.05, 0.1) is 23.3 Å². The topological polar surface area (TPSA) is 78.5 Å². The first kappa shape index (κ1) is 16.3. The minimum absolute atomic E-state index is 0.117. The first-order chi connectivity index (χ1) is 11.6. The van der Waals surface area contributed by atoms with Crippen LogP contribution in [0.1, 0.15) is 41.4 Å². The van der Waals surface area contributed by atoms with Crippen molar-refractivity contribution in [2.45, 2.75) is 26.3 Å². The number of nitrogens with zero attached hydrogens (tertiary/aromatic N) is 3. The maximum absolute atomic E-state index is 12.5. The lowest BCUT2D eigenvalue weighted by Crippen LogP contribution is -2.22. The normalized spacial score (nSPS) is 14.9. The Bertz CT molecular complexity index is 826. The fourth-order valence-corrected chi connectivity index (χ4v) is 3.38. The molecule has 1 aromatic carbocycles. The Hall–Kier alpha value is -2.52. The highest BCUT2D eigenvalue weighted by Crippen LogP contribution is 2.32. The molecule has 0 bridgehead atoms. The zero-order valence-electron chi connectivity index (χ0n) is 14.0. The maximum atomic E-state index is 12.5. The molecule has 3 rings (SSSR count). The van der Waals surface area contributed by atoms with Crippen molar-refractivity contribution in [3.8, 4) is 11.8 Å². The van der Waals surface area contributed by atoms with Gasteiger partial charge in [-0.2, -0.15) is 5.26 Å². The van der Waals surface area contributed by atoms with Gasteiger partial charge in [-0.15, -0.1) is 0 Å². The summed E-state index contributed by atoms with van der Waals surface area (Å²) in [7, 11) is 1.88. The predicted octanol–water partition coefficient (Wildman–Crippen LogP) is 2.53. The van der Waals surface area contributed by atoms with Crippen molar-refractivity contribution < 1.29 is 14.6 Å². The quantitative estimate of drug-likeness (QED) is 0.873. The van der Waals surface area contributed by atoms with Crippen LogP contribution in [0.15, 0.2) is 12.1 Å². The number of aryl methyl sites for hydroxylation is 1. The van der Waals surface area contributed by atoms with Gasteiger partial charge >= 0.3 is 5.97 Å². The van der Waals surface area contributed by atoms with Crippen molar-refractivity contribution in [3.63, 3.8) is 0 Å². The van der Waals surface area contributed by atoms with Crippen molar-refractivity contribution in [3.05, 3.63) is 29.0 Å². The van der Waals surface area contributed by atoms with Gasteiger partial charge in [-0.3, -0.25) is 4.90 Å². The van der Waals surface area contributed by atoms with E-state index in [4.69, 9.17) is 10.00 Å². The highest BCUT2D eigenvalue weighted by Gasteiger charge is 2.25. The molecule has 0 saturated carbocycles. The summed E-state index contributed by atoms with van der Waals surface area (Å²) in [6, 6.07) is 5.10. The maximum Gasteiger partial charge on any atom is 0.340 e. The molecule has 1 fully saturated rings. The summed E-state index contributed by atoms with van der Waals surface area (Å²) < 4.78 is 7.16. The fraction of sp³-hybridized carbons (Fsp3) is 0.444. The Morgan fingerprint density at radius 1 is 1.38 bits per heavy atom. The van der Waals surface area contributed by atoms with Crippen LogP contribution in [0.5, 0.6) is 5.75 Å². The number of aromatic hydroxyl groups is 1. The molecule has 1 saturated heterocycles. The van der Waals surface area contributed by atoms with Crippen LogP contribution < -0.4 is 0 Å². The van der Waals surface area contributed by atoms with Crippen molar-refractivity contribution >= 4 is 16.9 Å². The number of carbonyl (C=O) groups excluding carboxylic acids is 1. The van der Waals surface area contributed by atoms with Crippen LogP contribution in [0.25, 0.3) is 10.9 Å². The zero-order chi connectivity index (χ0) is 17.3. The summed E-state index contributed by atoms with van der Waals surface area (Å²) >= 11 is 0. The molecule has 0 amide bonds. The number of phenols is 1. The van der Waals surface area contributed by atoms with E-state index in [9.17, 15) is 9.90 Å². The van der Waals surface area contributed by atoms with Crippen LogP contribution >= 0.6 is 0 Å². The number of aromatic nitrogens is 1. The summed E-state index contributed by atoms with van der Waals surface area (Å²) in [4.78, 5) is 14.8. The van der Waals surface area contributed by atoms with Gasteiger partial charge in [0.1, 0.15) is 11.8 Å². The van der Waals surface area contributed by atoms with Gasteiger partial charge in [0.15, 0.2) is 0 Å². The summed E-state index contributed by atoms with van der Waals surface area (Å²) in [5.74, 6) is -0.504. The molecule has 0 spiro atoms. The number of ether oxygens (including phenoxy) is 1. The second kappa shape index (κ2) is 6.54. The number of nitriles is 1. The number of likely N-dealkylation sites (tertiary alicyclic amines) is 1. The molecule has 0 unspecified atom stereocenters. The van der Waals surface area contributed by atoms with Crippen LogP contribution in [0, 0.1) is 11.3 Å². The predicted molar refractivity (Wildman–Crippen MR) is 89.8 cm³/mol. The van der Waals surface area contributed by atoms with Gasteiger partial charge in [-0.25, -0.2) is 4.79 Å².